The van der Waals surface area contributed by atoms with Gasteiger partial charge < -0.3 is 0 Å². The van der Waals surface area contributed by atoms with Gasteiger partial charge in [0, 0.05) is 6.04 Å². The van der Waals surface area contributed by atoms with Gasteiger partial charge in [0.05, 0.1) is 0 Å². The average molecular weight is 184 g/mol. The van der Waals surface area contributed by atoms with Crippen molar-refractivity contribution < 1.29 is 0 Å². The van der Waals surface area contributed by atoms with E-state index in [9.17, 15) is 0 Å². The Morgan fingerprint density at radius 2 is 2.15 bits per heavy atom. The van der Waals surface area contributed by atoms with Crippen molar-refractivity contribution in [3.63, 3.8) is 0 Å². The Balaban J connectivity index is 2.40. The van der Waals surface area contributed by atoms with Crippen molar-refractivity contribution in [2.45, 2.75) is 58.4 Å². The Hall–Kier alpha value is -0.0800. The molecule has 0 radical (unpaired) electrons. The van der Waals surface area contributed by atoms with Crippen LogP contribution in [0.4, 0.5) is 0 Å². The molecule has 1 aliphatic rings. The lowest BCUT2D eigenvalue weighted by molar-refractivity contribution is 0.205. The summed E-state index contributed by atoms with van der Waals surface area (Å²) in [6.45, 7) is 4.53. The molecule has 0 aromatic rings. The van der Waals surface area contributed by atoms with Crippen LogP contribution in [0.3, 0.4) is 0 Å². The lowest BCUT2D eigenvalue weighted by atomic mass is 9.76. The summed E-state index contributed by atoms with van der Waals surface area (Å²) in [4.78, 5) is 0. The molecular formula is C11H24N2. The lowest BCUT2D eigenvalue weighted by Crippen LogP contribution is -2.42. The van der Waals surface area contributed by atoms with E-state index in [0.29, 0.717) is 6.04 Å². The Morgan fingerprint density at radius 1 is 1.38 bits per heavy atom. The molecule has 2 heteroatoms. The fourth-order valence-electron chi connectivity index (χ4n) is 2.66. The highest BCUT2D eigenvalue weighted by molar-refractivity contribution is 4.80. The van der Waals surface area contributed by atoms with Gasteiger partial charge in [0.25, 0.3) is 0 Å². The first-order chi connectivity index (χ1) is 6.31. The fourth-order valence-corrected chi connectivity index (χ4v) is 2.66. The van der Waals surface area contributed by atoms with Crippen molar-refractivity contribution in [3.8, 4) is 0 Å². The van der Waals surface area contributed by atoms with Gasteiger partial charge in [0.15, 0.2) is 0 Å². The molecule has 0 aromatic carbocycles. The molecule has 0 spiro atoms. The zero-order valence-electron chi connectivity index (χ0n) is 9.05. The summed E-state index contributed by atoms with van der Waals surface area (Å²) in [5.41, 5.74) is 2.97. The molecule has 0 bridgehead atoms. The van der Waals surface area contributed by atoms with Crippen molar-refractivity contribution in [2.75, 3.05) is 0 Å². The largest absolute Gasteiger partial charge is 0.271 e. The molecule has 0 heterocycles. The third-order valence-electron chi connectivity index (χ3n) is 3.62. The number of hydrogen-bond acceptors (Lipinski definition) is 2. The molecular weight excluding hydrogens is 160 g/mol. The van der Waals surface area contributed by atoms with E-state index >= 15 is 0 Å². The standard InChI is InChI=1S/C11H24N2/c1-3-9-6-5-7-10(8-9)11(4-2)13-12/h9-11,13H,3-8,12H2,1-2H3. The quantitative estimate of drug-likeness (QED) is 0.520. The molecule has 3 atom stereocenters. The number of hydrogen-bond donors (Lipinski definition) is 2. The molecule has 2 nitrogen and oxygen atoms in total. The highest BCUT2D eigenvalue weighted by Gasteiger charge is 2.25. The van der Waals surface area contributed by atoms with Crippen LogP contribution in [0, 0.1) is 11.8 Å². The van der Waals surface area contributed by atoms with E-state index in [4.69, 9.17) is 5.84 Å². The predicted octanol–water partition coefficient (Wildman–Crippen LogP) is 2.44. The maximum Gasteiger partial charge on any atom is 0.0236 e. The molecule has 13 heavy (non-hydrogen) atoms. The minimum Gasteiger partial charge on any atom is -0.271 e. The second-order valence-electron chi connectivity index (χ2n) is 4.38. The Labute approximate surface area is 82.2 Å². The summed E-state index contributed by atoms with van der Waals surface area (Å²) in [5.74, 6) is 7.34. The highest BCUT2D eigenvalue weighted by atomic mass is 15.2. The summed E-state index contributed by atoms with van der Waals surface area (Å²) >= 11 is 0. The Morgan fingerprint density at radius 3 is 2.69 bits per heavy atom. The second kappa shape index (κ2) is 5.61. The average Bonchev–Trinajstić information content (AvgIpc) is 2.20. The van der Waals surface area contributed by atoms with Crippen molar-refractivity contribution in [2.24, 2.45) is 17.7 Å². The first kappa shape index (κ1) is 11.0. The molecule has 0 saturated heterocycles. The minimum absolute atomic E-state index is 0.550. The fraction of sp³-hybridized carbons (Fsp3) is 1.00. The normalized spacial score (nSPS) is 31.6. The van der Waals surface area contributed by atoms with Gasteiger partial charge in [0.1, 0.15) is 0 Å². The van der Waals surface area contributed by atoms with Crippen molar-refractivity contribution in [1.29, 1.82) is 0 Å². The molecule has 1 saturated carbocycles. The molecule has 0 aliphatic heterocycles. The first-order valence-corrected chi connectivity index (χ1v) is 5.77. The SMILES string of the molecule is CCC1CCCC(C(CC)NN)C1. The smallest absolute Gasteiger partial charge is 0.0236 e. The van der Waals surface area contributed by atoms with Crippen molar-refractivity contribution in [1.82, 2.24) is 5.43 Å². The monoisotopic (exact) mass is 184 g/mol. The number of nitrogens with two attached hydrogens (primary N) is 1. The van der Waals surface area contributed by atoms with Crippen LogP contribution >= 0.6 is 0 Å². The number of rotatable bonds is 4. The van der Waals surface area contributed by atoms with Crippen LogP contribution < -0.4 is 11.3 Å². The molecule has 3 N–H and O–H groups in total. The molecule has 78 valence electrons. The van der Waals surface area contributed by atoms with Crippen LogP contribution in [-0.4, -0.2) is 6.04 Å². The summed E-state index contributed by atoms with van der Waals surface area (Å²) in [7, 11) is 0. The lowest BCUT2D eigenvalue weighted by Gasteiger charge is -2.33. The molecule has 0 aromatic heterocycles. The van der Waals surface area contributed by atoms with Crippen LogP contribution in [0.5, 0.6) is 0 Å². The van der Waals surface area contributed by atoms with E-state index in [0.717, 1.165) is 18.3 Å². The van der Waals surface area contributed by atoms with Crippen LogP contribution in [0.25, 0.3) is 0 Å². The molecule has 3 unspecified atom stereocenters. The minimum atomic E-state index is 0.550. The molecule has 1 fully saturated rings. The Kier molecular flexibility index (Phi) is 4.74. The summed E-state index contributed by atoms with van der Waals surface area (Å²) in [5, 5.41) is 0. The molecule has 0 amide bonds. The molecule has 1 rings (SSSR count). The Bertz CT molecular complexity index is 132. The van der Waals surface area contributed by atoms with Gasteiger partial charge in [-0.2, -0.15) is 0 Å². The van der Waals surface area contributed by atoms with Gasteiger partial charge >= 0.3 is 0 Å². The van der Waals surface area contributed by atoms with E-state index in [2.05, 4.69) is 19.3 Å². The van der Waals surface area contributed by atoms with Crippen LogP contribution in [-0.2, 0) is 0 Å². The zero-order chi connectivity index (χ0) is 9.68. The summed E-state index contributed by atoms with van der Waals surface area (Å²) in [6.07, 6.45) is 8.11. The number of hydrazine groups is 1. The van der Waals surface area contributed by atoms with E-state index < -0.39 is 0 Å². The van der Waals surface area contributed by atoms with Crippen LogP contribution in [0.1, 0.15) is 52.4 Å². The topological polar surface area (TPSA) is 38.0 Å². The van der Waals surface area contributed by atoms with Gasteiger partial charge in [0.2, 0.25) is 0 Å². The van der Waals surface area contributed by atoms with Crippen molar-refractivity contribution in [3.05, 3.63) is 0 Å². The van der Waals surface area contributed by atoms with Gasteiger partial charge in [-0.15, -0.1) is 0 Å². The number of nitrogens with one attached hydrogen (secondary N) is 1. The van der Waals surface area contributed by atoms with Gasteiger partial charge in [-0.25, -0.2) is 0 Å². The van der Waals surface area contributed by atoms with Crippen molar-refractivity contribution >= 4 is 0 Å². The maximum absolute atomic E-state index is 5.55. The maximum atomic E-state index is 5.55. The van der Waals surface area contributed by atoms with Gasteiger partial charge in [-0.05, 0) is 31.1 Å². The third-order valence-corrected chi connectivity index (χ3v) is 3.62. The highest BCUT2D eigenvalue weighted by Crippen LogP contribution is 2.33. The zero-order valence-corrected chi connectivity index (χ0v) is 9.05. The van der Waals surface area contributed by atoms with Crippen LogP contribution in [0.15, 0.2) is 0 Å². The van der Waals surface area contributed by atoms with Gasteiger partial charge in [-0.1, -0.05) is 33.1 Å². The summed E-state index contributed by atoms with van der Waals surface area (Å²) in [6, 6.07) is 0.550. The van der Waals surface area contributed by atoms with E-state index in [-0.39, 0.29) is 0 Å². The summed E-state index contributed by atoms with van der Waals surface area (Å²) < 4.78 is 0. The molecule has 1 aliphatic carbocycles. The second-order valence-corrected chi connectivity index (χ2v) is 4.38. The van der Waals surface area contributed by atoms with Gasteiger partial charge in [-0.3, -0.25) is 11.3 Å². The van der Waals surface area contributed by atoms with E-state index in [1.54, 1.807) is 0 Å². The first-order valence-electron chi connectivity index (χ1n) is 5.77. The third kappa shape index (κ3) is 2.96. The van der Waals surface area contributed by atoms with Crippen LogP contribution in [0.2, 0.25) is 0 Å². The van der Waals surface area contributed by atoms with E-state index in [1.807, 2.05) is 0 Å². The predicted molar refractivity (Wildman–Crippen MR) is 57.1 cm³/mol. The van der Waals surface area contributed by atoms with E-state index in [1.165, 1.54) is 32.1 Å².